The minimum Gasteiger partial charge on any atom is -0.454 e. The molecule has 3 aromatic heterocycles. The van der Waals surface area contributed by atoms with Gasteiger partial charge in [-0.3, -0.25) is 0 Å². The van der Waals surface area contributed by atoms with Gasteiger partial charge in [-0.25, -0.2) is 15.0 Å². The van der Waals surface area contributed by atoms with Crippen molar-refractivity contribution in [1.82, 2.24) is 19.5 Å². The summed E-state index contributed by atoms with van der Waals surface area (Å²) in [5.41, 5.74) is 7.52. The Morgan fingerprint density at radius 3 is 1.80 bits per heavy atom. The van der Waals surface area contributed by atoms with E-state index in [1.807, 2.05) is 30.3 Å². The zero-order chi connectivity index (χ0) is 36.7. The first kappa shape index (κ1) is 30.8. The largest absolute Gasteiger partial charge is 0.454 e. The summed E-state index contributed by atoms with van der Waals surface area (Å²) < 4.78 is 9.25. The second-order valence-corrected chi connectivity index (χ2v) is 14.4. The van der Waals surface area contributed by atoms with E-state index in [9.17, 15) is 0 Å². The maximum Gasteiger partial charge on any atom is 0.164 e. The van der Waals surface area contributed by atoms with Gasteiger partial charge in [-0.1, -0.05) is 152 Å². The lowest BCUT2D eigenvalue weighted by Crippen LogP contribution is -2.01. The van der Waals surface area contributed by atoms with Gasteiger partial charge in [0.2, 0.25) is 0 Å². The second-order valence-electron chi connectivity index (χ2n) is 14.4. The molecule has 0 saturated carbocycles. The molecule has 0 aliphatic rings. The van der Waals surface area contributed by atoms with Crippen LogP contribution in [-0.2, 0) is 0 Å². The zero-order valence-corrected chi connectivity index (χ0v) is 30.0. The highest BCUT2D eigenvalue weighted by Gasteiger charge is 2.23. The quantitative estimate of drug-likeness (QED) is 0.182. The van der Waals surface area contributed by atoms with Gasteiger partial charge in [0, 0.05) is 43.6 Å². The highest BCUT2D eigenvalue weighted by Crippen LogP contribution is 2.44. The van der Waals surface area contributed by atoms with Gasteiger partial charge in [-0.05, 0) is 57.3 Å². The van der Waals surface area contributed by atoms with Gasteiger partial charge in [0.25, 0.3) is 0 Å². The highest BCUT2D eigenvalue weighted by atomic mass is 16.3. The summed E-state index contributed by atoms with van der Waals surface area (Å²) in [5, 5.41) is 11.5. The van der Waals surface area contributed by atoms with E-state index < -0.39 is 0 Å². The van der Waals surface area contributed by atoms with Crippen molar-refractivity contribution in [1.29, 1.82) is 0 Å². The summed E-state index contributed by atoms with van der Waals surface area (Å²) in [6.45, 7) is 0. The van der Waals surface area contributed by atoms with Gasteiger partial charge in [0.15, 0.2) is 23.1 Å². The maximum absolute atomic E-state index is 6.85. The molecular formula is C51H30N4O. The van der Waals surface area contributed by atoms with Crippen molar-refractivity contribution in [2.24, 2.45) is 0 Å². The molecule has 260 valence electrons. The number of rotatable bonds is 4. The number of aromatic nitrogens is 4. The SMILES string of the molecule is c1ccc(-c2nc(-c3ccc4ccccc4c3)nc(-c3cc(-n4c5ccc6ccccc6c5c5ccc6ccccc6c54)c4oc5ccccc5c4c3)n2)cc1. The van der Waals surface area contributed by atoms with E-state index in [1.165, 1.54) is 37.7 Å². The molecule has 5 nitrogen and oxygen atoms in total. The monoisotopic (exact) mass is 714 g/mol. The van der Waals surface area contributed by atoms with Crippen LogP contribution in [0.5, 0.6) is 0 Å². The van der Waals surface area contributed by atoms with Gasteiger partial charge in [0.1, 0.15) is 5.58 Å². The van der Waals surface area contributed by atoms with Crippen molar-refractivity contribution in [3.63, 3.8) is 0 Å². The predicted molar refractivity (Wildman–Crippen MR) is 230 cm³/mol. The normalized spacial score (nSPS) is 11.9. The van der Waals surface area contributed by atoms with Crippen LogP contribution in [0.2, 0.25) is 0 Å². The Kier molecular flexibility index (Phi) is 6.56. The highest BCUT2D eigenvalue weighted by molar-refractivity contribution is 6.26. The van der Waals surface area contributed by atoms with E-state index in [4.69, 9.17) is 19.4 Å². The molecule has 0 N–H and O–H groups in total. The van der Waals surface area contributed by atoms with Gasteiger partial charge < -0.3 is 8.98 Å². The van der Waals surface area contributed by atoms with Crippen molar-refractivity contribution in [2.45, 2.75) is 0 Å². The number of para-hydroxylation sites is 1. The van der Waals surface area contributed by atoms with Crippen LogP contribution < -0.4 is 0 Å². The van der Waals surface area contributed by atoms with Gasteiger partial charge in [-0.15, -0.1) is 0 Å². The summed E-state index contributed by atoms with van der Waals surface area (Å²) in [7, 11) is 0. The maximum atomic E-state index is 6.85. The fourth-order valence-electron chi connectivity index (χ4n) is 8.58. The molecule has 0 fully saturated rings. The first-order valence-electron chi connectivity index (χ1n) is 18.9. The number of hydrogen-bond donors (Lipinski definition) is 0. The summed E-state index contributed by atoms with van der Waals surface area (Å²) in [5.74, 6) is 1.82. The Hall–Kier alpha value is -7.63. The Morgan fingerprint density at radius 2 is 0.982 bits per heavy atom. The van der Waals surface area contributed by atoms with E-state index in [2.05, 4.69) is 156 Å². The van der Waals surface area contributed by atoms with E-state index in [0.717, 1.165) is 60.7 Å². The third-order valence-electron chi connectivity index (χ3n) is 11.2. The molecule has 56 heavy (non-hydrogen) atoms. The molecule has 12 aromatic rings. The molecular weight excluding hydrogens is 685 g/mol. The Bertz CT molecular complexity index is 3540. The molecule has 0 aliphatic heterocycles. The molecule has 12 rings (SSSR count). The first-order chi connectivity index (χ1) is 27.7. The predicted octanol–water partition coefficient (Wildman–Crippen LogP) is 13.3. The fraction of sp³-hybridized carbons (Fsp3) is 0. The first-order valence-corrected chi connectivity index (χ1v) is 18.9. The number of hydrogen-bond acceptors (Lipinski definition) is 4. The van der Waals surface area contributed by atoms with E-state index in [1.54, 1.807) is 0 Å². The molecule has 3 heterocycles. The van der Waals surface area contributed by atoms with Crippen molar-refractivity contribution in [2.75, 3.05) is 0 Å². The minimum absolute atomic E-state index is 0.589. The van der Waals surface area contributed by atoms with Crippen LogP contribution in [0.1, 0.15) is 0 Å². The van der Waals surface area contributed by atoms with Crippen molar-refractivity contribution < 1.29 is 4.42 Å². The molecule has 0 unspecified atom stereocenters. The topological polar surface area (TPSA) is 56.7 Å². The van der Waals surface area contributed by atoms with Gasteiger partial charge in [0.05, 0.1) is 16.7 Å². The molecule has 0 bridgehead atoms. The summed E-state index contributed by atoms with van der Waals surface area (Å²) in [6.07, 6.45) is 0. The van der Waals surface area contributed by atoms with Crippen LogP contribution in [0.25, 0.3) is 116 Å². The van der Waals surface area contributed by atoms with Crippen molar-refractivity contribution in [3.8, 4) is 39.9 Å². The summed E-state index contributed by atoms with van der Waals surface area (Å²) in [6, 6.07) is 63.9. The minimum atomic E-state index is 0.589. The van der Waals surface area contributed by atoms with Crippen molar-refractivity contribution >= 4 is 76.1 Å². The van der Waals surface area contributed by atoms with Gasteiger partial charge >= 0.3 is 0 Å². The number of fused-ring (bicyclic) bond motifs is 11. The molecule has 0 amide bonds. The molecule has 0 saturated heterocycles. The van der Waals surface area contributed by atoms with Crippen LogP contribution >= 0.6 is 0 Å². The van der Waals surface area contributed by atoms with E-state index in [0.29, 0.717) is 17.5 Å². The summed E-state index contributed by atoms with van der Waals surface area (Å²) >= 11 is 0. The summed E-state index contributed by atoms with van der Waals surface area (Å²) in [4.78, 5) is 15.5. The van der Waals surface area contributed by atoms with Crippen LogP contribution in [-0.4, -0.2) is 19.5 Å². The fourth-order valence-corrected chi connectivity index (χ4v) is 8.58. The molecule has 0 atom stereocenters. The van der Waals surface area contributed by atoms with Crippen LogP contribution in [0.3, 0.4) is 0 Å². The van der Waals surface area contributed by atoms with Crippen LogP contribution in [0.15, 0.2) is 186 Å². The number of benzene rings is 9. The standard InChI is InChI=1S/C51H30N4O/c1-2-15-34(16-3-1)49-52-50(36-23-22-31-12-4-5-17-35(31)28-36)54-51(53-49)37-29-42-40-20-10-11-21-45(40)56-48(42)44(30-37)55-43-27-25-32-13-6-8-18-38(32)46(43)41-26-24-33-14-7-9-19-39(33)47(41)55/h1-30H. The third kappa shape index (κ3) is 4.64. The molecule has 5 heteroatoms. The van der Waals surface area contributed by atoms with E-state index in [-0.39, 0.29) is 0 Å². The smallest absolute Gasteiger partial charge is 0.164 e. The lowest BCUT2D eigenvalue weighted by Gasteiger charge is -2.14. The van der Waals surface area contributed by atoms with Crippen LogP contribution in [0, 0.1) is 0 Å². The Balaban J connectivity index is 1.21. The van der Waals surface area contributed by atoms with Gasteiger partial charge in [-0.2, -0.15) is 0 Å². The third-order valence-corrected chi connectivity index (χ3v) is 11.2. The zero-order valence-electron chi connectivity index (χ0n) is 30.0. The average molecular weight is 715 g/mol. The lowest BCUT2D eigenvalue weighted by atomic mass is 10.0. The molecule has 0 radical (unpaired) electrons. The number of furan rings is 1. The second kappa shape index (κ2) is 11.9. The molecule has 0 aliphatic carbocycles. The van der Waals surface area contributed by atoms with Crippen LogP contribution in [0.4, 0.5) is 0 Å². The number of nitrogens with zero attached hydrogens (tertiary/aromatic N) is 4. The Labute approximate surface area is 320 Å². The molecule has 9 aromatic carbocycles. The lowest BCUT2D eigenvalue weighted by molar-refractivity contribution is 0.666. The van der Waals surface area contributed by atoms with E-state index >= 15 is 0 Å². The average Bonchev–Trinajstić information content (AvgIpc) is 3.82. The van der Waals surface area contributed by atoms with Crippen molar-refractivity contribution in [3.05, 3.63) is 182 Å². The molecule has 0 spiro atoms. The Morgan fingerprint density at radius 1 is 0.375 bits per heavy atom.